The van der Waals surface area contributed by atoms with E-state index in [0.29, 0.717) is 11.1 Å². The minimum Gasteiger partial charge on any atom is -0.392 e. The minimum atomic E-state index is -0.0257. The molecule has 1 aromatic heterocycles. The summed E-state index contributed by atoms with van der Waals surface area (Å²) in [6.45, 7) is 2.08. The number of likely N-dealkylation sites (N-methyl/N-ethyl adjacent to an activating group) is 2. The van der Waals surface area contributed by atoms with Gasteiger partial charge in [-0.1, -0.05) is 11.6 Å². The number of hydrogen-bond acceptors (Lipinski definition) is 4. The van der Waals surface area contributed by atoms with E-state index in [0.717, 1.165) is 17.9 Å². The number of halogens is 1. The van der Waals surface area contributed by atoms with Crippen LogP contribution in [-0.2, 0) is 6.61 Å². The number of aliphatic hydroxyl groups is 1. The average Bonchev–Trinajstić information content (AvgIpc) is 2.74. The molecule has 5 heteroatoms. The molecule has 18 heavy (non-hydrogen) atoms. The first-order valence-corrected chi connectivity index (χ1v) is 6.66. The third-order valence-corrected chi connectivity index (χ3v) is 3.86. The molecule has 1 aliphatic heterocycles. The normalized spacial score (nSPS) is 20.3. The van der Waals surface area contributed by atoms with Crippen molar-refractivity contribution in [2.24, 2.45) is 0 Å². The number of aliphatic hydroxyl groups excluding tert-OH is 1. The van der Waals surface area contributed by atoms with Crippen LogP contribution < -0.4 is 4.90 Å². The highest BCUT2D eigenvalue weighted by molar-refractivity contribution is 6.33. The zero-order valence-corrected chi connectivity index (χ0v) is 11.7. The number of nitrogens with zero attached hydrogens (tertiary/aromatic N) is 3. The summed E-state index contributed by atoms with van der Waals surface area (Å²) in [5.41, 5.74) is 0.745. The lowest BCUT2D eigenvalue weighted by molar-refractivity contribution is 0.281. The molecule has 0 spiro atoms. The predicted octanol–water partition coefficient (Wildman–Crippen LogP) is 1.76. The summed E-state index contributed by atoms with van der Waals surface area (Å²) >= 11 is 6.20. The molecule has 1 aliphatic rings. The summed E-state index contributed by atoms with van der Waals surface area (Å²) in [7, 11) is 4.17. The maximum Gasteiger partial charge on any atom is 0.147 e. The minimum absolute atomic E-state index is 0.0257. The van der Waals surface area contributed by atoms with Crippen molar-refractivity contribution in [1.82, 2.24) is 9.88 Å². The lowest BCUT2D eigenvalue weighted by Gasteiger charge is -2.27. The maximum atomic E-state index is 9.04. The van der Waals surface area contributed by atoms with E-state index in [1.165, 1.54) is 19.4 Å². The Morgan fingerprint density at radius 2 is 2.39 bits per heavy atom. The Morgan fingerprint density at radius 3 is 2.94 bits per heavy atom. The number of aromatic nitrogens is 1. The first-order chi connectivity index (χ1) is 8.61. The molecule has 1 N–H and O–H groups in total. The molecule has 0 aromatic carbocycles. The monoisotopic (exact) mass is 269 g/mol. The fourth-order valence-corrected chi connectivity index (χ4v) is 2.78. The van der Waals surface area contributed by atoms with Crippen molar-refractivity contribution in [1.29, 1.82) is 0 Å². The lowest BCUT2D eigenvalue weighted by atomic mass is 10.2. The van der Waals surface area contributed by atoms with Crippen LogP contribution in [0.4, 0.5) is 5.82 Å². The van der Waals surface area contributed by atoms with Gasteiger partial charge in [-0.3, -0.25) is 0 Å². The van der Waals surface area contributed by atoms with Crippen LogP contribution in [0.2, 0.25) is 5.02 Å². The van der Waals surface area contributed by atoms with E-state index < -0.39 is 0 Å². The quantitative estimate of drug-likeness (QED) is 0.904. The Morgan fingerprint density at radius 1 is 1.61 bits per heavy atom. The molecule has 2 heterocycles. The maximum absolute atomic E-state index is 9.04. The van der Waals surface area contributed by atoms with Crippen LogP contribution >= 0.6 is 11.6 Å². The molecule has 100 valence electrons. The highest BCUT2D eigenvalue weighted by Gasteiger charge is 2.23. The van der Waals surface area contributed by atoms with Gasteiger partial charge in [0.2, 0.25) is 0 Å². The molecule has 4 nitrogen and oxygen atoms in total. The topological polar surface area (TPSA) is 39.6 Å². The van der Waals surface area contributed by atoms with Gasteiger partial charge < -0.3 is 14.9 Å². The van der Waals surface area contributed by atoms with Crippen LogP contribution in [0, 0.1) is 0 Å². The smallest absolute Gasteiger partial charge is 0.147 e. The molecule has 2 rings (SSSR count). The fourth-order valence-electron chi connectivity index (χ4n) is 2.45. The molecule has 0 aliphatic carbocycles. The summed E-state index contributed by atoms with van der Waals surface area (Å²) in [6.07, 6.45) is 4.17. The van der Waals surface area contributed by atoms with E-state index in [2.05, 4.69) is 21.8 Å². The van der Waals surface area contributed by atoms with Gasteiger partial charge in [0.05, 0.1) is 11.6 Å². The Kier molecular flexibility index (Phi) is 4.43. The molecule has 0 saturated carbocycles. The van der Waals surface area contributed by atoms with Crippen LogP contribution in [0.25, 0.3) is 0 Å². The number of pyridine rings is 1. The predicted molar refractivity (Wildman–Crippen MR) is 74.1 cm³/mol. The van der Waals surface area contributed by atoms with Crippen LogP contribution in [0.15, 0.2) is 12.3 Å². The highest BCUT2D eigenvalue weighted by Crippen LogP contribution is 2.25. The van der Waals surface area contributed by atoms with Crippen LogP contribution in [0.5, 0.6) is 0 Å². The molecule has 1 saturated heterocycles. The zero-order chi connectivity index (χ0) is 13.1. The third-order valence-electron chi connectivity index (χ3n) is 3.58. The summed E-state index contributed by atoms with van der Waals surface area (Å²) in [5, 5.41) is 9.64. The van der Waals surface area contributed by atoms with Gasteiger partial charge in [-0.2, -0.15) is 0 Å². The molecule has 0 amide bonds. The lowest BCUT2D eigenvalue weighted by Crippen LogP contribution is -2.37. The fraction of sp³-hybridized carbons (Fsp3) is 0.615. The number of likely N-dealkylation sites (tertiary alicyclic amines) is 1. The number of hydrogen-bond donors (Lipinski definition) is 1. The highest BCUT2D eigenvalue weighted by atomic mass is 35.5. The Bertz CT molecular complexity index is 413. The molecule has 0 radical (unpaired) electrons. The largest absolute Gasteiger partial charge is 0.392 e. The average molecular weight is 270 g/mol. The number of rotatable bonds is 4. The van der Waals surface area contributed by atoms with Gasteiger partial charge >= 0.3 is 0 Å². The van der Waals surface area contributed by atoms with Gasteiger partial charge in [-0.25, -0.2) is 4.98 Å². The first-order valence-electron chi connectivity index (χ1n) is 6.28. The van der Waals surface area contributed by atoms with Crippen molar-refractivity contribution in [3.8, 4) is 0 Å². The molecular weight excluding hydrogens is 250 g/mol. The second-order valence-corrected chi connectivity index (χ2v) is 5.37. The summed E-state index contributed by atoms with van der Waals surface area (Å²) < 4.78 is 0. The van der Waals surface area contributed by atoms with Crippen LogP contribution in [-0.4, -0.2) is 48.2 Å². The van der Waals surface area contributed by atoms with Crippen molar-refractivity contribution in [2.75, 3.05) is 32.1 Å². The van der Waals surface area contributed by atoms with Crippen molar-refractivity contribution >= 4 is 17.4 Å². The van der Waals surface area contributed by atoms with Crippen molar-refractivity contribution in [2.45, 2.75) is 25.5 Å². The molecule has 1 atom stereocenters. The van der Waals surface area contributed by atoms with E-state index in [4.69, 9.17) is 16.7 Å². The molecule has 1 aromatic rings. The second-order valence-electron chi connectivity index (χ2n) is 4.96. The first kappa shape index (κ1) is 13.6. The molecule has 0 bridgehead atoms. The van der Waals surface area contributed by atoms with Crippen molar-refractivity contribution in [3.05, 3.63) is 22.8 Å². The van der Waals surface area contributed by atoms with E-state index in [9.17, 15) is 0 Å². The number of anilines is 1. The van der Waals surface area contributed by atoms with Gasteiger partial charge in [0.25, 0.3) is 0 Å². The van der Waals surface area contributed by atoms with E-state index in [1.54, 1.807) is 12.3 Å². The van der Waals surface area contributed by atoms with Crippen molar-refractivity contribution in [3.63, 3.8) is 0 Å². The van der Waals surface area contributed by atoms with Gasteiger partial charge in [0, 0.05) is 25.8 Å². The summed E-state index contributed by atoms with van der Waals surface area (Å²) in [6, 6.07) is 2.35. The third kappa shape index (κ3) is 2.94. The van der Waals surface area contributed by atoms with E-state index in [-0.39, 0.29) is 6.61 Å². The molecular formula is C13H20ClN3O. The SMILES string of the molecule is CN(CC1CCCN1C)c1ncc(CO)cc1Cl. The van der Waals surface area contributed by atoms with E-state index >= 15 is 0 Å². The van der Waals surface area contributed by atoms with Crippen LogP contribution in [0.3, 0.4) is 0 Å². The van der Waals surface area contributed by atoms with Gasteiger partial charge in [0.1, 0.15) is 5.82 Å². The molecule has 1 unspecified atom stereocenters. The van der Waals surface area contributed by atoms with Gasteiger partial charge in [0.15, 0.2) is 0 Å². The van der Waals surface area contributed by atoms with Gasteiger partial charge in [-0.05, 0) is 38.1 Å². The zero-order valence-electron chi connectivity index (χ0n) is 10.9. The Hall–Kier alpha value is -0.840. The summed E-state index contributed by atoms with van der Waals surface area (Å²) in [4.78, 5) is 8.81. The Balaban J connectivity index is 2.06. The van der Waals surface area contributed by atoms with Gasteiger partial charge in [-0.15, -0.1) is 0 Å². The standard InChI is InChI=1S/C13H20ClN3O/c1-16-5-3-4-11(16)8-17(2)13-12(14)6-10(9-18)7-15-13/h6-7,11,18H,3-5,8-9H2,1-2H3. The van der Waals surface area contributed by atoms with Crippen LogP contribution in [0.1, 0.15) is 18.4 Å². The van der Waals surface area contributed by atoms with E-state index in [1.807, 2.05) is 7.05 Å². The Labute approximate surface area is 113 Å². The van der Waals surface area contributed by atoms with Crippen molar-refractivity contribution < 1.29 is 5.11 Å². The molecule has 1 fully saturated rings. The summed E-state index contributed by atoms with van der Waals surface area (Å²) in [5.74, 6) is 0.786. The second kappa shape index (κ2) is 5.87.